The number of aromatic nitrogens is 2. The highest BCUT2D eigenvalue weighted by Crippen LogP contribution is 2.24. The van der Waals surface area contributed by atoms with Gasteiger partial charge in [0.2, 0.25) is 5.95 Å². The van der Waals surface area contributed by atoms with Gasteiger partial charge < -0.3 is 4.74 Å². The first kappa shape index (κ1) is 20.3. The van der Waals surface area contributed by atoms with Crippen molar-refractivity contribution in [2.75, 3.05) is 18.6 Å². The molecule has 0 unspecified atom stereocenters. The van der Waals surface area contributed by atoms with Crippen molar-refractivity contribution in [3.63, 3.8) is 0 Å². The zero-order valence-corrected chi connectivity index (χ0v) is 16.9. The van der Waals surface area contributed by atoms with Crippen molar-refractivity contribution in [2.24, 2.45) is 5.10 Å². The molecular weight excluding hydrogens is 399 g/mol. The molecule has 0 bridgehead atoms. The Morgan fingerprint density at radius 2 is 2.04 bits per heavy atom. The number of fused-ring (bicyclic) bond motifs is 1. The highest BCUT2D eigenvalue weighted by molar-refractivity contribution is 6.43. The van der Waals surface area contributed by atoms with E-state index < -0.39 is 0 Å². The number of benzene rings is 2. The van der Waals surface area contributed by atoms with Gasteiger partial charge in [0, 0.05) is 25.3 Å². The number of halogens is 2. The fraction of sp³-hybridized carbons (Fsp3) is 0.250. The van der Waals surface area contributed by atoms with Crippen LogP contribution in [0.25, 0.3) is 10.9 Å². The third-order valence-corrected chi connectivity index (χ3v) is 4.92. The molecule has 1 N–H and O–H groups in total. The summed E-state index contributed by atoms with van der Waals surface area (Å²) in [5.74, 6) is 0.356. The molecule has 2 aromatic carbocycles. The van der Waals surface area contributed by atoms with E-state index in [1.165, 1.54) is 0 Å². The van der Waals surface area contributed by atoms with Gasteiger partial charge in [-0.25, -0.2) is 10.4 Å². The fourth-order valence-electron chi connectivity index (χ4n) is 2.71. The zero-order chi connectivity index (χ0) is 19.9. The van der Waals surface area contributed by atoms with E-state index in [4.69, 9.17) is 27.9 Å². The maximum atomic E-state index is 12.9. The van der Waals surface area contributed by atoms with E-state index >= 15 is 0 Å². The first-order valence-corrected chi connectivity index (χ1v) is 9.67. The summed E-state index contributed by atoms with van der Waals surface area (Å²) in [4.78, 5) is 17.4. The van der Waals surface area contributed by atoms with Crippen LogP contribution in [0.2, 0.25) is 10.0 Å². The summed E-state index contributed by atoms with van der Waals surface area (Å²) in [5, 5.41) is 5.62. The Labute approximate surface area is 172 Å². The zero-order valence-electron chi connectivity index (χ0n) is 15.4. The number of nitrogens with zero attached hydrogens (tertiary/aromatic N) is 3. The molecule has 0 fully saturated rings. The van der Waals surface area contributed by atoms with Crippen LogP contribution in [0.3, 0.4) is 0 Å². The molecule has 0 saturated heterocycles. The first-order valence-electron chi connectivity index (χ1n) is 8.92. The standard InChI is InChI=1S/C20H20Cl2N4O2/c1-2-28-12-6-11-26-19(27)15-8-3-4-10-17(15)24-20(26)25-23-13-14-7-5-9-16(21)18(14)22/h3-5,7-10,13H,2,6,11-12H2,1H3,(H,24,25)/b23-13-. The normalized spacial score (nSPS) is 11.4. The monoisotopic (exact) mass is 418 g/mol. The van der Waals surface area contributed by atoms with E-state index in [1.807, 2.05) is 19.1 Å². The topological polar surface area (TPSA) is 68.5 Å². The minimum atomic E-state index is -0.124. The van der Waals surface area contributed by atoms with Gasteiger partial charge in [-0.1, -0.05) is 47.5 Å². The summed E-state index contributed by atoms with van der Waals surface area (Å²) in [5.41, 5.74) is 4.00. The summed E-state index contributed by atoms with van der Waals surface area (Å²) in [6.07, 6.45) is 2.23. The van der Waals surface area contributed by atoms with Crippen LogP contribution >= 0.6 is 23.2 Å². The summed E-state index contributed by atoms with van der Waals surface area (Å²) in [7, 11) is 0. The molecule has 6 nitrogen and oxygen atoms in total. The molecule has 0 amide bonds. The highest BCUT2D eigenvalue weighted by Gasteiger charge is 2.10. The van der Waals surface area contributed by atoms with Crippen molar-refractivity contribution in [1.82, 2.24) is 9.55 Å². The van der Waals surface area contributed by atoms with Crippen molar-refractivity contribution in [3.8, 4) is 0 Å². The molecule has 1 heterocycles. The molecule has 0 atom stereocenters. The predicted molar refractivity (Wildman–Crippen MR) is 115 cm³/mol. The van der Waals surface area contributed by atoms with Gasteiger partial charge in [-0.05, 0) is 31.5 Å². The van der Waals surface area contributed by atoms with Crippen molar-refractivity contribution in [2.45, 2.75) is 19.9 Å². The summed E-state index contributed by atoms with van der Waals surface area (Å²) < 4.78 is 6.94. The van der Waals surface area contributed by atoms with Gasteiger partial charge in [-0.2, -0.15) is 5.10 Å². The summed E-state index contributed by atoms with van der Waals surface area (Å²) in [6.45, 7) is 3.61. The van der Waals surface area contributed by atoms with Crippen molar-refractivity contribution in [3.05, 3.63) is 68.4 Å². The molecule has 3 rings (SSSR count). The first-order chi connectivity index (χ1) is 13.6. The van der Waals surface area contributed by atoms with Gasteiger partial charge in [0.25, 0.3) is 5.56 Å². The number of anilines is 1. The quantitative estimate of drug-likeness (QED) is 0.330. The molecule has 0 radical (unpaired) electrons. The van der Waals surface area contributed by atoms with Gasteiger partial charge in [-0.3, -0.25) is 9.36 Å². The molecule has 0 spiro atoms. The molecule has 0 saturated carbocycles. The van der Waals surface area contributed by atoms with Crippen LogP contribution in [-0.2, 0) is 11.3 Å². The van der Waals surface area contributed by atoms with Gasteiger partial charge >= 0.3 is 0 Å². The molecule has 3 aromatic rings. The van der Waals surface area contributed by atoms with Crippen LogP contribution in [0.15, 0.2) is 52.4 Å². The number of hydrogen-bond donors (Lipinski definition) is 1. The van der Waals surface area contributed by atoms with Crippen LogP contribution in [0.1, 0.15) is 18.9 Å². The lowest BCUT2D eigenvalue weighted by atomic mass is 10.2. The number of ether oxygens (including phenoxy) is 1. The molecule has 8 heteroatoms. The number of rotatable bonds is 8. The van der Waals surface area contributed by atoms with Gasteiger partial charge in [-0.15, -0.1) is 0 Å². The lowest BCUT2D eigenvalue weighted by Gasteiger charge is -2.12. The maximum Gasteiger partial charge on any atom is 0.262 e. The smallest absolute Gasteiger partial charge is 0.262 e. The second-order valence-corrected chi connectivity index (χ2v) is 6.76. The highest BCUT2D eigenvalue weighted by atomic mass is 35.5. The molecule has 0 aliphatic rings. The lowest BCUT2D eigenvalue weighted by Crippen LogP contribution is -2.25. The minimum Gasteiger partial charge on any atom is -0.382 e. The molecule has 28 heavy (non-hydrogen) atoms. The maximum absolute atomic E-state index is 12.9. The van der Waals surface area contributed by atoms with E-state index in [1.54, 1.807) is 41.1 Å². The third kappa shape index (κ3) is 4.70. The van der Waals surface area contributed by atoms with Crippen molar-refractivity contribution >= 4 is 46.3 Å². The van der Waals surface area contributed by atoms with Crippen LogP contribution in [0.4, 0.5) is 5.95 Å². The Morgan fingerprint density at radius 1 is 1.21 bits per heavy atom. The molecule has 146 valence electrons. The Hall–Kier alpha value is -2.41. The SMILES string of the molecule is CCOCCCn1c(N/N=C\c2cccc(Cl)c2Cl)nc2ccccc2c1=O. The molecule has 0 aliphatic heterocycles. The summed E-state index contributed by atoms with van der Waals surface area (Å²) in [6, 6.07) is 12.5. The van der Waals surface area contributed by atoms with Gasteiger partial charge in [0.05, 0.1) is 27.2 Å². The summed E-state index contributed by atoms with van der Waals surface area (Å²) >= 11 is 12.2. The van der Waals surface area contributed by atoms with Crippen molar-refractivity contribution < 1.29 is 4.74 Å². The van der Waals surface area contributed by atoms with Crippen LogP contribution in [0, 0.1) is 0 Å². The number of hydrazone groups is 1. The van der Waals surface area contributed by atoms with Gasteiger partial charge in [0.1, 0.15) is 0 Å². The molecular formula is C20H20Cl2N4O2. The Morgan fingerprint density at radius 3 is 2.86 bits per heavy atom. The minimum absolute atomic E-state index is 0.124. The number of nitrogens with one attached hydrogen (secondary N) is 1. The number of hydrogen-bond acceptors (Lipinski definition) is 5. The Balaban J connectivity index is 1.90. The third-order valence-electron chi connectivity index (χ3n) is 4.09. The second-order valence-electron chi connectivity index (χ2n) is 5.97. The van der Waals surface area contributed by atoms with E-state index in [-0.39, 0.29) is 5.56 Å². The van der Waals surface area contributed by atoms with E-state index in [9.17, 15) is 4.79 Å². The fourth-order valence-corrected chi connectivity index (χ4v) is 3.07. The van der Waals surface area contributed by atoms with E-state index in [0.717, 1.165) is 0 Å². The van der Waals surface area contributed by atoms with E-state index in [2.05, 4.69) is 15.5 Å². The van der Waals surface area contributed by atoms with Crippen molar-refractivity contribution in [1.29, 1.82) is 0 Å². The Kier molecular flexibility index (Phi) is 7.03. The molecule has 1 aromatic heterocycles. The van der Waals surface area contributed by atoms with Crippen LogP contribution in [-0.4, -0.2) is 29.0 Å². The number of para-hydroxylation sites is 1. The lowest BCUT2D eigenvalue weighted by molar-refractivity contribution is 0.141. The van der Waals surface area contributed by atoms with Crippen LogP contribution < -0.4 is 11.0 Å². The Bertz CT molecular complexity index is 1050. The second kappa shape index (κ2) is 9.68. The predicted octanol–water partition coefficient (Wildman–Crippen LogP) is 4.58. The van der Waals surface area contributed by atoms with Gasteiger partial charge in [0.15, 0.2) is 0 Å². The van der Waals surface area contributed by atoms with E-state index in [0.29, 0.717) is 58.6 Å². The largest absolute Gasteiger partial charge is 0.382 e. The molecule has 0 aliphatic carbocycles. The average Bonchev–Trinajstić information content (AvgIpc) is 2.70. The van der Waals surface area contributed by atoms with Crippen LogP contribution in [0.5, 0.6) is 0 Å². The average molecular weight is 419 g/mol.